The lowest BCUT2D eigenvalue weighted by Crippen LogP contribution is -2.37. The molecule has 1 saturated carbocycles. The van der Waals surface area contributed by atoms with Crippen molar-refractivity contribution in [2.24, 2.45) is 0 Å². The molecule has 1 fully saturated rings. The van der Waals surface area contributed by atoms with Gasteiger partial charge in [-0.1, -0.05) is 21.3 Å². The second-order valence-electron chi connectivity index (χ2n) is 5.27. The predicted octanol–water partition coefficient (Wildman–Crippen LogP) is 2.81. The third-order valence-corrected chi connectivity index (χ3v) is 3.75. The van der Waals surface area contributed by atoms with Crippen molar-refractivity contribution in [1.82, 2.24) is 15.3 Å². The molecule has 1 aliphatic carbocycles. The summed E-state index contributed by atoms with van der Waals surface area (Å²) in [6, 6.07) is -0.0763. The average molecular weight is 355 g/mol. The van der Waals surface area contributed by atoms with Crippen LogP contribution in [0.1, 0.15) is 49.4 Å². The summed E-state index contributed by atoms with van der Waals surface area (Å²) in [5, 5.41) is 12.7. The fourth-order valence-electron chi connectivity index (χ4n) is 2.43. The zero-order chi connectivity index (χ0) is 15.9. The first kappa shape index (κ1) is 22.6. The van der Waals surface area contributed by atoms with Crippen LogP contribution in [0, 0.1) is 21.3 Å². The smallest absolute Gasteiger partial charge is 0.258 e. The molecular formula is C17H25ClN3O3. The highest BCUT2D eigenvalue weighted by Crippen LogP contribution is 2.20. The van der Waals surface area contributed by atoms with Crippen molar-refractivity contribution in [3.63, 3.8) is 0 Å². The topological polar surface area (TPSA) is 84.3 Å². The Hall–Kier alpha value is -1.40. The van der Waals surface area contributed by atoms with Crippen LogP contribution in [0.15, 0.2) is 6.20 Å². The van der Waals surface area contributed by atoms with Gasteiger partial charge in [0.1, 0.15) is 5.56 Å². The number of hydrogen-bond acceptors (Lipinski definition) is 5. The molecule has 2 rings (SSSR count). The van der Waals surface area contributed by atoms with Gasteiger partial charge in [0.25, 0.3) is 5.91 Å². The van der Waals surface area contributed by atoms with Crippen LogP contribution in [-0.2, 0) is 0 Å². The molecule has 1 aromatic heterocycles. The Morgan fingerprint density at radius 2 is 2.17 bits per heavy atom. The van der Waals surface area contributed by atoms with Gasteiger partial charge in [0.05, 0.1) is 12.7 Å². The normalized spacial score (nSPS) is 20.6. The highest BCUT2D eigenvalue weighted by molar-refractivity contribution is 6.28. The zero-order valence-electron chi connectivity index (χ0n) is 14.0. The van der Waals surface area contributed by atoms with Crippen LogP contribution in [0.25, 0.3) is 0 Å². The third-order valence-electron chi connectivity index (χ3n) is 3.57. The minimum atomic E-state index is -0.295. The lowest BCUT2D eigenvalue weighted by Gasteiger charge is -2.23. The maximum atomic E-state index is 12.4. The van der Waals surface area contributed by atoms with E-state index in [-0.39, 0.29) is 49.6 Å². The van der Waals surface area contributed by atoms with Crippen molar-refractivity contribution in [1.29, 1.82) is 0 Å². The quantitative estimate of drug-likeness (QED) is 0.812. The number of halogens is 1. The van der Waals surface area contributed by atoms with Crippen LogP contribution in [0.4, 0.5) is 0 Å². The number of carbonyl (C=O) groups excluding carboxylic acids is 1. The number of aliphatic hydroxyl groups excluding tert-OH is 1. The maximum Gasteiger partial charge on any atom is 0.258 e. The zero-order valence-corrected chi connectivity index (χ0v) is 14.8. The molecule has 0 bridgehead atoms. The van der Waals surface area contributed by atoms with E-state index < -0.39 is 0 Å². The molecule has 1 amide bonds. The predicted molar refractivity (Wildman–Crippen MR) is 93.6 cm³/mol. The molecule has 133 valence electrons. The summed E-state index contributed by atoms with van der Waals surface area (Å²) in [6.07, 6.45) is 7.18. The van der Waals surface area contributed by atoms with Crippen LogP contribution in [0.3, 0.4) is 0 Å². The van der Waals surface area contributed by atoms with Gasteiger partial charge in [-0.2, -0.15) is 4.98 Å². The summed E-state index contributed by atoms with van der Waals surface area (Å²) in [6.45, 7) is 2.19. The van der Waals surface area contributed by atoms with E-state index in [1.54, 1.807) is 0 Å². The summed E-state index contributed by atoms with van der Waals surface area (Å²) in [5.41, 5.74) is 0.266. The Morgan fingerprint density at radius 3 is 2.88 bits per heavy atom. The monoisotopic (exact) mass is 354 g/mol. The number of nitrogens with one attached hydrogen (secondary N) is 1. The fourth-order valence-corrected chi connectivity index (χ4v) is 2.56. The van der Waals surface area contributed by atoms with E-state index in [2.05, 4.69) is 21.7 Å². The van der Waals surface area contributed by atoms with Gasteiger partial charge in [0, 0.05) is 12.2 Å². The summed E-state index contributed by atoms with van der Waals surface area (Å²) in [7, 11) is 0. The number of hydrogen-bond donors (Lipinski definition) is 2. The Balaban J connectivity index is 0.00000264. The second-order valence-corrected chi connectivity index (χ2v) is 5.61. The Morgan fingerprint density at radius 1 is 1.42 bits per heavy atom. The maximum absolute atomic E-state index is 12.4. The largest absolute Gasteiger partial charge is 0.477 e. The highest BCUT2D eigenvalue weighted by atomic mass is 35.5. The highest BCUT2D eigenvalue weighted by Gasteiger charge is 2.21. The lowest BCUT2D eigenvalue weighted by molar-refractivity contribution is 0.0920. The summed E-state index contributed by atoms with van der Waals surface area (Å²) >= 11 is 5.74. The van der Waals surface area contributed by atoms with Crippen molar-refractivity contribution in [2.45, 2.75) is 51.2 Å². The Bertz CT molecular complexity index is 514. The molecular weight excluding hydrogens is 330 g/mol. The molecule has 1 aliphatic rings. The molecule has 0 spiro atoms. The van der Waals surface area contributed by atoms with Crippen molar-refractivity contribution in [3.8, 4) is 5.88 Å². The molecule has 1 heterocycles. The van der Waals surface area contributed by atoms with Gasteiger partial charge < -0.3 is 15.2 Å². The van der Waals surface area contributed by atoms with Gasteiger partial charge in [0.15, 0.2) is 0 Å². The number of nitrogens with zero attached hydrogens (tertiary/aromatic N) is 2. The van der Waals surface area contributed by atoms with Gasteiger partial charge in [-0.3, -0.25) is 4.79 Å². The number of aromatic nitrogens is 2. The van der Waals surface area contributed by atoms with E-state index in [9.17, 15) is 9.90 Å². The minimum absolute atomic E-state index is 0. The molecule has 2 atom stereocenters. The van der Waals surface area contributed by atoms with Crippen molar-refractivity contribution in [2.75, 3.05) is 6.61 Å². The molecule has 0 saturated heterocycles. The van der Waals surface area contributed by atoms with Crippen molar-refractivity contribution in [3.05, 3.63) is 38.3 Å². The molecule has 0 aromatic carbocycles. The lowest BCUT2D eigenvalue weighted by atomic mass is 9.95. The SMILES string of the molecule is CCOc1nc(Cl)ncc1C(=O)N[C@@H]1[CH]CCC[C@H](O)CC1.[CH2].[CH2]. The molecule has 5 radical (unpaired) electrons. The first-order valence-corrected chi connectivity index (χ1v) is 7.95. The van der Waals surface area contributed by atoms with Crippen LogP contribution in [0.2, 0.25) is 5.28 Å². The van der Waals surface area contributed by atoms with Crippen LogP contribution < -0.4 is 10.1 Å². The van der Waals surface area contributed by atoms with E-state index in [1.807, 2.05) is 6.92 Å². The molecule has 0 aliphatic heterocycles. The molecule has 24 heavy (non-hydrogen) atoms. The molecule has 7 heteroatoms. The van der Waals surface area contributed by atoms with Gasteiger partial charge in [-0.05, 0) is 50.6 Å². The Labute approximate surface area is 150 Å². The van der Waals surface area contributed by atoms with E-state index in [0.29, 0.717) is 19.4 Å². The van der Waals surface area contributed by atoms with E-state index in [1.165, 1.54) is 6.20 Å². The summed E-state index contributed by atoms with van der Waals surface area (Å²) < 4.78 is 5.34. The molecule has 1 aromatic rings. The number of carbonyl (C=O) groups is 1. The summed E-state index contributed by atoms with van der Waals surface area (Å²) in [4.78, 5) is 20.2. The number of rotatable bonds is 4. The van der Waals surface area contributed by atoms with Crippen LogP contribution in [0.5, 0.6) is 5.88 Å². The van der Waals surface area contributed by atoms with E-state index in [4.69, 9.17) is 16.3 Å². The minimum Gasteiger partial charge on any atom is -0.477 e. The fraction of sp³-hybridized carbons (Fsp3) is 0.529. The number of aliphatic hydroxyl groups is 1. The first-order chi connectivity index (χ1) is 10.6. The van der Waals surface area contributed by atoms with Crippen molar-refractivity contribution >= 4 is 17.5 Å². The number of ether oxygens (including phenoxy) is 1. The average Bonchev–Trinajstić information content (AvgIpc) is 2.47. The molecule has 2 N–H and O–H groups in total. The molecule has 0 unspecified atom stereocenters. The van der Waals surface area contributed by atoms with Gasteiger partial charge in [-0.15, -0.1) is 0 Å². The standard InChI is InChI=1S/C15H21ClN3O3.2CH2/c1-2-22-14-12(9-17-15(16)19-14)13(21)18-10-5-3-4-6-11(20)8-7-10;;/h5,9-11,20H,2-4,6-8H2,1H3,(H,18,21);2*1H2/t10-,11+;;/m1../s1. The first-order valence-electron chi connectivity index (χ1n) is 7.57. The number of amides is 1. The third kappa shape index (κ3) is 6.61. The van der Waals surface area contributed by atoms with Gasteiger partial charge in [-0.25, -0.2) is 4.98 Å². The van der Waals surface area contributed by atoms with Gasteiger partial charge >= 0.3 is 0 Å². The molecule has 6 nitrogen and oxygen atoms in total. The van der Waals surface area contributed by atoms with E-state index in [0.717, 1.165) is 19.3 Å². The van der Waals surface area contributed by atoms with E-state index >= 15 is 0 Å². The summed E-state index contributed by atoms with van der Waals surface area (Å²) in [5.74, 6) is -0.109. The van der Waals surface area contributed by atoms with Crippen molar-refractivity contribution < 1.29 is 14.6 Å². The van der Waals surface area contributed by atoms with Crippen LogP contribution in [-0.4, -0.2) is 39.7 Å². The van der Waals surface area contributed by atoms with Gasteiger partial charge in [0.2, 0.25) is 11.2 Å². The Kier molecular flexibility index (Phi) is 10.6. The van der Waals surface area contributed by atoms with Crippen LogP contribution >= 0.6 is 11.6 Å². The second kappa shape index (κ2) is 11.2.